The Kier molecular flexibility index (Phi) is 11.9. The van der Waals surface area contributed by atoms with Gasteiger partial charge in [-0.3, -0.25) is 13.9 Å². The summed E-state index contributed by atoms with van der Waals surface area (Å²) >= 11 is 12.8. The fourth-order valence-electron chi connectivity index (χ4n) is 4.36. The van der Waals surface area contributed by atoms with Gasteiger partial charge in [-0.25, -0.2) is 8.42 Å². The van der Waals surface area contributed by atoms with Crippen LogP contribution in [0.3, 0.4) is 0 Å². The summed E-state index contributed by atoms with van der Waals surface area (Å²) in [5.41, 5.74) is -0.390. The zero-order chi connectivity index (χ0) is 31.8. The van der Waals surface area contributed by atoms with Gasteiger partial charge in [-0.05, 0) is 42.3 Å². The number of halogens is 5. The fourth-order valence-corrected chi connectivity index (χ4v) is 5.72. The van der Waals surface area contributed by atoms with Crippen LogP contribution in [0.25, 0.3) is 0 Å². The summed E-state index contributed by atoms with van der Waals surface area (Å²) in [5.74, 6) is -1.33. The van der Waals surface area contributed by atoms with E-state index in [0.717, 1.165) is 36.4 Å². The number of anilines is 1. The lowest BCUT2D eigenvalue weighted by molar-refractivity contribution is -0.140. The largest absolute Gasteiger partial charge is 0.416 e. The third-order valence-electron chi connectivity index (χ3n) is 6.63. The molecule has 0 aromatic heterocycles. The van der Waals surface area contributed by atoms with Gasteiger partial charge in [0.1, 0.15) is 12.6 Å². The molecule has 0 aliphatic heterocycles. The van der Waals surface area contributed by atoms with E-state index in [1.165, 1.54) is 4.90 Å². The van der Waals surface area contributed by atoms with Crippen molar-refractivity contribution in [2.45, 2.75) is 44.9 Å². The van der Waals surface area contributed by atoms with Crippen molar-refractivity contribution in [2.75, 3.05) is 23.7 Å². The van der Waals surface area contributed by atoms with Crippen molar-refractivity contribution in [1.29, 1.82) is 0 Å². The lowest BCUT2D eigenvalue weighted by Gasteiger charge is -2.34. The number of hydrogen-bond donors (Lipinski definition) is 1. The highest BCUT2D eigenvalue weighted by molar-refractivity contribution is 7.92. The van der Waals surface area contributed by atoms with Gasteiger partial charge in [0.2, 0.25) is 21.8 Å². The highest BCUT2D eigenvalue weighted by atomic mass is 35.5. The molecule has 232 valence electrons. The maximum atomic E-state index is 14.1. The third kappa shape index (κ3) is 9.61. The van der Waals surface area contributed by atoms with Crippen LogP contribution in [-0.4, -0.2) is 50.5 Å². The molecule has 3 aromatic carbocycles. The number of alkyl halides is 3. The minimum atomic E-state index is -4.74. The monoisotopic (exact) mass is 657 g/mol. The first-order valence-electron chi connectivity index (χ1n) is 13.4. The average Bonchev–Trinajstić information content (AvgIpc) is 2.94. The van der Waals surface area contributed by atoms with Crippen LogP contribution in [-0.2, 0) is 38.8 Å². The van der Waals surface area contributed by atoms with Crippen molar-refractivity contribution in [1.82, 2.24) is 10.2 Å². The first kappa shape index (κ1) is 34.2. The molecular weight excluding hydrogens is 626 g/mol. The molecule has 0 saturated carbocycles. The predicted octanol–water partition coefficient (Wildman–Crippen LogP) is 6.33. The number of benzene rings is 3. The normalized spacial score (nSPS) is 12.4. The number of carbonyl (C=O) groups is 2. The Bertz CT molecular complexity index is 1500. The molecule has 1 atom stereocenters. The molecule has 0 fully saturated rings. The summed E-state index contributed by atoms with van der Waals surface area (Å²) in [6.45, 7) is 1.15. The van der Waals surface area contributed by atoms with Crippen LogP contribution in [0.2, 0.25) is 10.0 Å². The van der Waals surface area contributed by atoms with E-state index in [4.69, 9.17) is 23.2 Å². The summed E-state index contributed by atoms with van der Waals surface area (Å²) in [6.07, 6.45) is -2.40. The van der Waals surface area contributed by atoms with Gasteiger partial charge < -0.3 is 10.2 Å². The van der Waals surface area contributed by atoms with Crippen LogP contribution in [0.1, 0.15) is 36.5 Å². The van der Waals surface area contributed by atoms with E-state index < -0.39 is 46.2 Å². The Balaban J connectivity index is 2.11. The van der Waals surface area contributed by atoms with E-state index in [1.807, 2.05) is 6.92 Å². The van der Waals surface area contributed by atoms with E-state index in [9.17, 15) is 31.2 Å². The summed E-state index contributed by atoms with van der Waals surface area (Å²) < 4.78 is 66.6. The van der Waals surface area contributed by atoms with Gasteiger partial charge in [-0.1, -0.05) is 79.0 Å². The Morgan fingerprint density at radius 3 is 2.16 bits per heavy atom. The van der Waals surface area contributed by atoms with Crippen LogP contribution < -0.4 is 9.62 Å². The number of rotatable bonds is 13. The number of hydrogen-bond acceptors (Lipinski definition) is 4. The van der Waals surface area contributed by atoms with Gasteiger partial charge in [-0.15, -0.1) is 0 Å². The van der Waals surface area contributed by atoms with E-state index in [-0.39, 0.29) is 28.7 Å². The lowest BCUT2D eigenvalue weighted by Crippen LogP contribution is -2.53. The second-order valence-electron chi connectivity index (χ2n) is 9.89. The molecule has 0 bridgehead atoms. The summed E-state index contributed by atoms with van der Waals surface area (Å²) in [5, 5.41) is 3.27. The number of amides is 2. The minimum Gasteiger partial charge on any atom is -0.354 e. The number of nitrogens with one attached hydrogen (secondary N) is 1. The van der Waals surface area contributed by atoms with Crippen molar-refractivity contribution in [3.63, 3.8) is 0 Å². The van der Waals surface area contributed by atoms with Crippen molar-refractivity contribution >= 4 is 50.7 Å². The van der Waals surface area contributed by atoms with Crippen LogP contribution in [0.4, 0.5) is 18.9 Å². The lowest BCUT2D eigenvalue weighted by atomic mass is 10.0. The van der Waals surface area contributed by atoms with E-state index in [0.29, 0.717) is 28.9 Å². The minimum absolute atomic E-state index is 0.0645. The zero-order valence-corrected chi connectivity index (χ0v) is 25.9. The second kappa shape index (κ2) is 14.9. The Hall–Kier alpha value is -3.28. The SMILES string of the molecule is CCCCNC(=O)[C@@H](Cc1ccccc1)N(Cc1c(Cl)cccc1Cl)C(=O)CN(c1cccc(C(F)(F)F)c1)S(C)(=O)=O. The summed E-state index contributed by atoms with van der Waals surface area (Å²) in [7, 11) is -4.25. The van der Waals surface area contributed by atoms with E-state index >= 15 is 0 Å². The van der Waals surface area contributed by atoms with Crippen molar-refractivity contribution in [2.24, 2.45) is 0 Å². The molecule has 43 heavy (non-hydrogen) atoms. The molecular formula is C30H32Cl2F3N3O4S. The van der Waals surface area contributed by atoms with Crippen molar-refractivity contribution in [3.8, 4) is 0 Å². The molecule has 3 rings (SSSR count). The smallest absolute Gasteiger partial charge is 0.354 e. The molecule has 0 aliphatic rings. The quantitative estimate of drug-likeness (QED) is 0.218. The second-order valence-corrected chi connectivity index (χ2v) is 12.6. The predicted molar refractivity (Wildman–Crippen MR) is 162 cm³/mol. The third-order valence-corrected chi connectivity index (χ3v) is 8.48. The van der Waals surface area contributed by atoms with Crippen LogP contribution in [0, 0.1) is 0 Å². The molecule has 3 aromatic rings. The van der Waals surface area contributed by atoms with Crippen LogP contribution in [0.15, 0.2) is 72.8 Å². The maximum Gasteiger partial charge on any atom is 0.416 e. The first-order valence-corrected chi connectivity index (χ1v) is 16.0. The molecule has 13 heteroatoms. The van der Waals surface area contributed by atoms with Gasteiger partial charge >= 0.3 is 6.18 Å². The molecule has 0 saturated heterocycles. The number of sulfonamides is 1. The van der Waals surface area contributed by atoms with Gasteiger partial charge in [0, 0.05) is 35.1 Å². The molecule has 0 heterocycles. The zero-order valence-electron chi connectivity index (χ0n) is 23.6. The average molecular weight is 659 g/mol. The van der Waals surface area contributed by atoms with Gasteiger partial charge in [-0.2, -0.15) is 13.2 Å². The molecule has 7 nitrogen and oxygen atoms in total. The maximum absolute atomic E-state index is 14.1. The van der Waals surface area contributed by atoms with Gasteiger partial charge in [0.25, 0.3) is 0 Å². The number of carbonyl (C=O) groups excluding carboxylic acids is 2. The van der Waals surface area contributed by atoms with E-state index in [2.05, 4.69) is 5.32 Å². The molecule has 0 spiro atoms. The first-order chi connectivity index (χ1) is 20.2. The highest BCUT2D eigenvalue weighted by Crippen LogP contribution is 2.33. The molecule has 0 aliphatic carbocycles. The summed E-state index contributed by atoms with van der Waals surface area (Å²) in [4.78, 5) is 28.9. The van der Waals surface area contributed by atoms with Crippen LogP contribution in [0.5, 0.6) is 0 Å². The molecule has 0 unspecified atom stereocenters. The van der Waals surface area contributed by atoms with Gasteiger partial charge in [0.05, 0.1) is 17.5 Å². The topological polar surface area (TPSA) is 86.8 Å². The van der Waals surface area contributed by atoms with Crippen molar-refractivity contribution < 1.29 is 31.2 Å². The van der Waals surface area contributed by atoms with Gasteiger partial charge in [0.15, 0.2) is 0 Å². The highest BCUT2D eigenvalue weighted by Gasteiger charge is 2.35. The Morgan fingerprint density at radius 1 is 0.953 bits per heavy atom. The number of unbranched alkanes of at least 4 members (excludes halogenated alkanes) is 1. The fraction of sp³-hybridized carbons (Fsp3) is 0.333. The van der Waals surface area contributed by atoms with Crippen LogP contribution >= 0.6 is 23.2 Å². The Labute approximate surface area is 259 Å². The standard InChI is InChI=1S/C30H32Cl2F3N3O4S/c1-3-4-16-36-29(40)27(17-21-10-6-5-7-11-21)37(19-24-25(31)14-9-15-26(24)32)28(39)20-38(43(2,41)42)23-13-8-12-22(18-23)30(33,34)35/h5-15,18,27H,3-4,16-17,19-20H2,1-2H3,(H,36,40)/t27-/m1/s1. The molecule has 2 amide bonds. The van der Waals surface area contributed by atoms with E-state index in [1.54, 1.807) is 48.5 Å². The molecule has 1 N–H and O–H groups in total. The van der Waals surface area contributed by atoms with Crippen molar-refractivity contribution in [3.05, 3.63) is 99.5 Å². The Morgan fingerprint density at radius 2 is 1.58 bits per heavy atom. The summed E-state index contributed by atoms with van der Waals surface area (Å²) in [6, 6.07) is 16.2. The number of nitrogens with zero attached hydrogens (tertiary/aromatic N) is 2. The molecule has 0 radical (unpaired) electrons.